The van der Waals surface area contributed by atoms with Crippen LogP contribution in [0.4, 0.5) is 8.78 Å². The van der Waals surface area contributed by atoms with Gasteiger partial charge in [0.15, 0.2) is 11.5 Å². The van der Waals surface area contributed by atoms with Gasteiger partial charge >= 0.3 is 6.61 Å². The Balaban J connectivity index is 2.15. The summed E-state index contributed by atoms with van der Waals surface area (Å²) in [7, 11) is 3.00. The molecule has 2 rings (SSSR count). The summed E-state index contributed by atoms with van der Waals surface area (Å²) < 4.78 is 34.0. The third kappa shape index (κ3) is 4.42. The number of amides is 1. The molecular weight excluding hydrogens is 304 g/mol. The number of carbonyl (C=O) groups excluding carboxylic acids is 1. The number of methoxy groups -OCH3 is 1. The molecule has 23 heavy (non-hydrogen) atoms. The van der Waals surface area contributed by atoms with Crippen LogP contribution in [-0.2, 0) is 6.54 Å². The largest absolute Gasteiger partial charge is 0.493 e. The fraction of sp³-hybridized carbons (Fsp3) is 0.235. The lowest BCUT2D eigenvalue weighted by atomic mass is 10.1. The van der Waals surface area contributed by atoms with Crippen LogP contribution in [0.25, 0.3) is 0 Å². The minimum Gasteiger partial charge on any atom is -0.493 e. The van der Waals surface area contributed by atoms with Gasteiger partial charge in [0.2, 0.25) is 0 Å². The molecule has 122 valence electrons. The first-order chi connectivity index (χ1) is 11.0. The highest BCUT2D eigenvalue weighted by molar-refractivity contribution is 5.94. The van der Waals surface area contributed by atoms with Gasteiger partial charge in [-0.05, 0) is 23.8 Å². The highest BCUT2D eigenvalue weighted by atomic mass is 19.3. The molecule has 0 bridgehead atoms. The van der Waals surface area contributed by atoms with Crippen molar-refractivity contribution in [2.24, 2.45) is 0 Å². The van der Waals surface area contributed by atoms with Gasteiger partial charge in [0.25, 0.3) is 5.91 Å². The summed E-state index contributed by atoms with van der Waals surface area (Å²) in [5.74, 6) is -0.259. The van der Waals surface area contributed by atoms with Crippen molar-refractivity contribution in [2.45, 2.75) is 13.2 Å². The Hall–Kier alpha value is -2.63. The summed E-state index contributed by atoms with van der Waals surface area (Å²) in [5, 5.41) is 0. The van der Waals surface area contributed by atoms with Crippen molar-refractivity contribution in [3.8, 4) is 11.5 Å². The SMILES string of the molecule is COc1cc(C(=O)N(C)Cc2ccccc2)ccc1OC(F)F. The summed E-state index contributed by atoms with van der Waals surface area (Å²) in [4.78, 5) is 14.0. The third-order valence-corrected chi connectivity index (χ3v) is 3.24. The Bertz CT molecular complexity index is 662. The highest BCUT2D eigenvalue weighted by Crippen LogP contribution is 2.29. The number of carbonyl (C=O) groups is 1. The lowest BCUT2D eigenvalue weighted by Gasteiger charge is -2.18. The highest BCUT2D eigenvalue weighted by Gasteiger charge is 2.16. The number of rotatable bonds is 6. The van der Waals surface area contributed by atoms with Crippen LogP contribution in [0.2, 0.25) is 0 Å². The monoisotopic (exact) mass is 321 g/mol. The summed E-state index contributed by atoms with van der Waals surface area (Å²) in [6, 6.07) is 13.7. The molecule has 0 radical (unpaired) electrons. The molecule has 0 aliphatic carbocycles. The van der Waals surface area contributed by atoms with Crippen LogP contribution in [0.3, 0.4) is 0 Å². The first kappa shape index (κ1) is 16.7. The van der Waals surface area contributed by atoms with Gasteiger partial charge in [0, 0.05) is 19.2 Å². The zero-order valence-corrected chi connectivity index (χ0v) is 12.8. The second-order valence-electron chi connectivity index (χ2n) is 4.89. The van der Waals surface area contributed by atoms with Gasteiger partial charge in [0.1, 0.15) is 0 Å². The second kappa shape index (κ2) is 7.58. The van der Waals surface area contributed by atoms with Gasteiger partial charge < -0.3 is 14.4 Å². The predicted octanol–water partition coefficient (Wildman–Crippen LogP) is 3.57. The Morgan fingerprint density at radius 2 is 1.83 bits per heavy atom. The molecular formula is C17H17F2NO3. The van der Waals surface area contributed by atoms with E-state index < -0.39 is 6.61 Å². The van der Waals surface area contributed by atoms with Crippen LogP contribution in [0.5, 0.6) is 11.5 Å². The van der Waals surface area contributed by atoms with E-state index in [1.807, 2.05) is 30.3 Å². The number of alkyl halides is 2. The number of halogens is 2. The van der Waals surface area contributed by atoms with Crippen molar-refractivity contribution in [1.82, 2.24) is 4.90 Å². The summed E-state index contributed by atoms with van der Waals surface area (Å²) in [6.45, 7) is -2.51. The quantitative estimate of drug-likeness (QED) is 0.816. The number of hydrogen-bond acceptors (Lipinski definition) is 3. The van der Waals surface area contributed by atoms with Crippen molar-refractivity contribution in [3.05, 3.63) is 59.7 Å². The van der Waals surface area contributed by atoms with Crippen molar-refractivity contribution in [3.63, 3.8) is 0 Å². The second-order valence-corrected chi connectivity index (χ2v) is 4.89. The van der Waals surface area contributed by atoms with Crippen molar-refractivity contribution in [1.29, 1.82) is 0 Å². The average Bonchev–Trinajstić information content (AvgIpc) is 2.55. The zero-order chi connectivity index (χ0) is 16.8. The van der Waals surface area contributed by atoms with Crippen LogP contribution in [0.15, 0.2) is 48.5 Å². The molecule has 4 nitrogen and oxygen atoms in total. The minimum atomic E-state index is -2.95. The Morgan fingerprint density at radius 3 is 2.43 bits per heavy atom. The summed E-state index contributed by atoms with van der Waals surface area (Å²) in [5.41, 5.74) is 1.33. The molecule has 0 fully saturated rings. The third-order valence-electron chi connectivity index (χ3n) is 3.24. The van der Waals surface area contributed by atoms with E-state index >= 15 is 0 Å². The van der Waals surface area contributed by atoms with Crippen LogP contribution in [0.1, 0.15) is 15.9 Å². The molecule has 0 aliphatic rings. The van der Waals surface area contributed by atoms with Gasteiger partial charge in [-0.3, -0.25) is 4.79 Å². The molecule has 0 heterocycles. The van der Waals surface area contributed by atoms with Crippen molar-refractivity contribution in [2.75, 3.05) is 14.2 Å². The lowest BCUT2D eigenvalue weighted by molar-refractivity contribution is -0.0512. The molecule has 0 unspecified atom stereocenters. The van der Waals surface area contributed by atoms with E-state index in [9.17, 15) is 13.6 Å². The maximum absolute atomic E-state index is 12.4. The molecule has 0 N–H and O–H groups in total. The van der Waals surface area contributed by atoms with E-state index in [2.05, 4.69) is 4.74 Å². The van der Waals surface area contributed by atoms with Gasteiger partial charge in [-0.25, -0.2) is 0 Å². The fourth-order valence-electron chi connectivity index (χ4n) is 2.14. The van der Waals surface area contributed by atoms with E-state index in [1.165, 1.54) is 30.2 Å². The van der Waals surface area contributed by atoms with Crippen LogP contribution in [-0.4, -0.2) is 31.6 Å². The molecule has 0 atom stereocenters. The molecule has 0 saturated heterocycles. The van der Waals surface area contributed by atoms with Gasteiger partial charge in [-0.1, -0.05) is 30.3 Å². The number of ether oxygens (including phenoxy) is 2. The Kier molecular flexibility index (Phi) is 5.51. The van der Waals surface area contributed by atoms with Crippen LogP contribution >= 0.6 is 0 Å². The van der Waals surface area contributed by atoms with Crippen molar-refractivity contribution >= 4 is 5.91 Å². The van der Waals surface area contributed by atoms with Crippen LogP contribution < -0.4 is 9.47 Å². The average molecular weight is 321 g/mol. The maximum atomic E-state index is 12.4. The smallest absolute Gasteiger partial charge is 0.387 e. The maximum Gasteiger partial charge on any atom is 0.387 e. The topological polar surface area (TPSA) is 38.8 Å². The molecule has 2 aromatic rings. The molecule has 0 saturated carbocycles. The van der Waals surface area contributed by atoms with Crippen LogP contribution in [0, 0.1) is 0 Å². The van der Waals surface area contributed by atoms with E-state index in [0.29, 0.717) is 12.1 Å². The number of nitrogens with zero attached hydrogens (tertiary/aromatic N) is 1. The Morgan fingerprint density at radius 1 is 1.13 bits per heavy atom. The van der Waals surface area contributed by atoms with Gasteiger partial charge in [-0.2, -0.15) is 8.78 Å². The number of benzene rings is 2. The van der Waals surface area contributed by atoms with E-state index in [1.54, 1.807) is 7.05 Å². The standard InChI is InChI=1S/C17H17F2NO3/c1-20(11-12-6-4-3-5-7-12)16(21)13-8-9-14(23-17(18)19)15(10-13)22-2/h3-10,17H,11H2,1-2H3. The van der Waals surface area contributed by atoms with E-state index in [-0.39, 0.29) is 17.4 Å². The summed E-state index contributed by atoms with van der Waals surface area (Å²) in [6.07, 6.45) is 0. The molecule has 0 spiro atoms. The summed E-state index contributed by atoms with van der Waals surface area (Å²) >= 11 is 0. The molecule has 0 aromatic heterocycles. The first-order valence-corrected chi connectivity index (χ1v) is 6.93. The molecule has 0 aliphatic heterocycles. The first-order valence-electron chi connectivity index (χ1n) is 6.93. The Labute approximate surface area is 133 Å². The van der Waals surface area contributed by atoms with Gasteiger partial charge in [0.05, 0.1) is 7.11 Å². The molecule has 1 amide bonds. The molecule has 2 aromatic carbocycles. The predicted molar refractivity (Wildman–Crippen MR) is 81.9 cm³/mol. The van der Waals surface area contributed by atoms with Crippen molar-refractivity contribution < 1.29 is 23.0 Å². The minimum absolute atomic E-state index is 0.0873. The lowest BCUT2D eigenvalue weighted by Crippen LogP contribution is -2.26. The normalized spacial score (nSPS) is 10.5. The van der Waals surface area contributed by atoms with E-state index in [0.717, 1.165) is 5.56 Å². The van der Waals surface area contributed by atoms with Gasteiger partial charge in [-0.15, -0.1) is 0 Å². The molecule has 6 heteroatoms. The van der Waals surface area contributed by atoms with E-state index in [4.69, 9.17) is 4.74 Å². The number of hydrogen-bond donors (Lipinski definition) is 0. The fourth-order valence-corrected chi connectivity index (χ4v) is 2.14. The zero-order valence-electron chi connectivity index (χ0n) is 12.8.